The Balaban J connectivity index is 2.29. The van der Waals surface area contributed by atoms with Gasteiger partial charge >= 0.3 is 0 Å². The lowest BCUT2D eigenvalue weighted by Gasteiger charge is -2.19. The Bertz CT molecular complexity index is 201. The lowest BCUT2D eigenvalue weighted by Crippen LogP contribution is -2.29. The van der Waals surface area contributed by atoms with Crippen molar-refractivity contribution < 1.29 is 0 Å². The SMILES string of the molecule is C=C(Br)CNC1CCCC(C(C)C)CC1. The molecule has 0 spiro atoms. The molecule has 0 radical (unpaired) electrons. The lowest BCUT2D eigenvalue weighted by atomic mass is 9.89. The minimum atomic E-state index is 0.711. The summed E-state index contributed by atoms with van der Waals surface area (Å²) in [7, 11) is 0. The first-order chi connectivity index (χ1) is 7.09. The van der Waals surface area contributed by atoms with E-state index in [-0.39, 0.29) is 0 Å². The maximum Gasteiger partial charge on any atom is 0.0268 e. The molecule has 2 heteroatoms. The fraction of sp³-hybridized carbons (Fsp3) is 0.846. The van der Waals surface area contributed by atoms with Gasteiger partial charge in [-0.1, -0.05) is 49.2 Å². The average molecular weight is 274 g/mol. The van der Waals surface area contributed by atoms with Gasteiger partial charge in [0.1, 0.15) is 0 Å². The summed E-state index contributed by atoms with van der Waals surface area (Å²) in [5, 5.41) is 3.57. The molecule has 1 rings (SSSR count). The third kappa shape index (κ3) is 5.17. The molecular weight excluding hydrogens is 250 g/mol. The first kappa shape index (κ1) is 13.2. The molecule has 0 aromatic rings. The number of nitrogens with one attached hydrogen (secondary N) is 1. The van der Waals surface area contributed by atoms with Gasteiger partial charge in [-0.2, -0.15) is 0 Å². The van der Waals surface area contributed by atoms with Crippen molar-refractivity contribution in [3.05, 3.63) is 11.1 Å². The van der Waals surface area contributed by atoms with Crippen molar-refractivity contribution >= 4 is 15.9 Å². The van der Waals surface area contributed by atoms with Gasteiger partial charge in [0.05, 0.1) is 0 Å². The highest BCUT2D eigenvalue weighted by atomic mass is 79.9. The van der Waals surface area contributed by atoms with Crippen LogP contribution in [0.15, 0.2) is 11.1 Å². The van der Waals surface area contributed by atoms with Gasteiger partial charge in [-0.15, -0.1) is 0 Å². The van der Waals surface area contributed by atoms with E-state index in [0.29, 0.717) is 6.04 Å². The van der Waals surface area contributed by atoms with E-state index in [9.17, 15) is 0 Å². The molecule has 0 aliphatic heterocycles. The van der Waals surface area contributed by atoms with E-state index in [1.165, 1.54) is 32.1 Å². The molecule has 1 nitrogen and oxygen atoms in total. The van der Waals surface area contributed by atoms with Crippen LogP contribution >= 0.6 is 15.9 Å². The number of rotatable bonds is 4. The molecule has 1 aliphatic carbocycles. The van der Waals surface area contributed by atoms with Crippen molar-refractivity contribution in [1.82, 2.24) is 5.32 Å². The highest BCUT2D eigenvalue weighted by Crippen LogP contribution is 2.28. The molecule has 88 valence electrons. The van der Waals surface area contributed by atoms with Gasteiger partial charge in [0.2, 0.25) is 0 Å². The average Bonchev–Trinajstić information content (AvgIpc) is 2.39. The maximum atomic E-state index is 3.86. The molecule has 0 aromatic heterocycles. The van der Waals surface area contributed by atoms with Gasteiger partial charge in [-0.25, -0.2) is 0 Å². The summed E-state index contributed by atoms with van der Waals surface area (Å²) in [6, 6.07) is 0.711. The zero-order valence-electron chi connectivity index (χ0n) is 10.1. The second-order valence-corrected chi connectivity index (χ2v) is 6.23. The molecule has 1 saturated carbocycles. The highest BCUT2D eigenvalue weighted by Gasteiger charge is 2.20. The van der Waals surface area contributed by atoms with Crippen molar-refractivity contribution in [2.75, 3.05) is 6.54 Å². The standard InChI is InChI=1S/C13H24BrN/c1-10(2)12-5-4-6-13(8-7-12)15-9-11(3)14/h10,12-13,15H,3-9H2,1-2H3. The summed E-state index contributed by atoms with van der Waals surface area (Å²) in [4.78, 5) is 0. The van der Waals surface area contributed by atoms with Gasteiger partial charge in [-0.05, 0) is 31.1 Å². The Morgan fingerprint density at radius 2 is 2.07 bits per heavy atom. The zero-order chi connectivity index (χ0) is 11.3. The predicted molar refractivity (Wildman–Crippen MR) is 71.3 cm³/mol. The molecule has 0 amide bonds. The third-order valence-corrected chi connectivity index (χ3v) is 3.82. The lowest BCUT2D eigenvalue weighted by molar-refractivity contribution is 0.338. The fourth-order valence-corrected chi connectivity index (χ4v) is 2.62. The van der Waals surface area contributed by atoms with Gasteiger partial charge in [0, 0.05) is 17.1 Å². The maximum absolute atomic E-state index is 3.86. The fourth-order valence-electron chi connectivity index (χ4n) is 2.46. The Labute approximate surface area is 103 Å². The number of hydrogen-bond donors (Lipinski definition) is 1. The van der Waals surface area contributed by atoms with Crippen LogP contribution < -0.4 is 5.32 Å². The van der Waals surface area contributed by atoms with E-state index in [2.05, 4.69) is 41.7 Å². The summed E-state index contributed by atoms with van der Waals surface area (Å²) < 4.78 is 1.06. The van der Waals surface area contributed by atoms with Crippen LogP contribution in [0.3, 0.4) is 0 Å². The van der Waals surface area contributed by atoms with E-state index >= 15 is 0 Å². The molecule has 1 aliphatic rings. The summed E-state index contributed by atoms with van der Waals surface area (Å²) in [6.45, 7) is 9.49. The molecule has 0 saturated heterocycles. The summed E-state index contributed by atoms with van der Waals surface area (Å²) in [5.74, 6) is 1.80. The largest absolute Gasteiger partial charge is 0.309 e. The quantitative estimate of drug-likeness (QED) is 0.761. The normalized spacial score (nSPS) is 27.7. The minimum Gasteiger partial charge on any atom is -0.309 e. The third-order valence-electron chi connectivity index (χ3n) is 3.54. The molecule has 1 fully saturated rings. The summed E-state index contributed by atoms with van der Waals surface area (Å²) >= 11 is 3.40. The van der Waals surface area contributed by atoms with Crippen molar-refractivity contribution in [2.24, 2.45) is 11.8 Å². The van der Waals surface area contributed by atoms with Crippen LogP contribution in [-0.2, 0) is 0 Å². The Morgan fingerprint density at radius 3 is 2.67 bits per heavy atom. The first-order valence-electron chi connectivity index (χ1n) is 6.16. The summed E-state index contributed by atoms with van der Waals surface area (Å²) in [5.41, 5.74) is 0. The van der Waals surface area contributed by atoms with Crippen LogP contribution in [0.1, 0.15) is 46.0 Å². The topological polar surface area (TPSA) is 12.0 Å². The van der Waals surface area contributed by atoms with Gasteiger partial charge < -0.3 is 5.32 Å². The molecule has 0 bridgehead atoms. The van der Waals surface area contributed by atoms with Crippen LogP contribution in [0.5, 0.6) is 0 Å². The van der Waals surface area contributed by atoms with Crippen LogP contribution in [0.2, 0.25) is 0 Å². The van der Waals surface area contributed by atoms with E-state index in [1.54, 1.807) is 0 Å². The second kappa shape index (κ2) is 6.70. The second-order valence-electron chi connectivity index (χ2n) is 5.11. The number of halogens is 1. The van der Waals surface area contributed by atoms with Crippen molar-refractivity contribution in [3.63, 3.8) is 0 Å². The summed E-state index contributed by atoms with van der Waals surface area (Å²) in [6.07, 6.45) is 6.87. The Morgan fingerprint density at radius 1 is 1.33 bits per heavy atom. The minimum absolute atomic E-state index is 0.711. The van der Waals surface area contributed by atoms with Crippen LogP contribution in [0.25, 0.3) is 0 Å². The molecule has 1 N–H and O–H groups in total. The van der Waals surface area contributed by atoms with Crippen LogP contribution in [0, 0.1) is 11.8 Å². The molecule has 15 heavy (non-hydrogen) atoms. The van der Waals surface area contributed by atoms with Crippen LogP contribution in [0.4, 0.5) is 0 Å². The predicted octanol–water partition coefficient (Wildman–Crippen LogP) is 4.09. The van der Waals surface area contributed by atoms with Crippen molar-refractivity contribution in [1.29, 1.82) is 0 Å². The van der Waals surface area contributed by atoms with Crippen LogP contribution in [-0.4, -0.2) is 12.6 Å². The zero-order valence-corrected chi connectivity index (χ0v) is 11.6. The van der Waals surface area contributed by atoms with E-state index < -0.39 is 0 Å². The molecule has 0 heterocycles. The van der Waals surface area contributed by atoms with Gasteiger partial charge in [0.25, 0.3) is 0 Å². The smallest absolute Gasteiger partial charge is 0.0268 e. The van der Waals surface area contributed by atoms with E-state index in [4.69, 9.17) is 0 Å². The molecule has 2 atom stereocenters. The Hall–Kier alpha value is 0.180. The van der Waals surface area contributed by atoms with Crippen molar-refractivity contribution in [3.8, 4) is 0 Å². The molecule has 2 unspecified atom stereocenters. The molecule has 0 aromatic carbocycles. The Kier molecular flexibility index (Phi) is 5.91. The number of hydrogen-bond acceptors (Lipinski definition) is 1. The monoisotopic (exact) mass is 273 g/mol. The first-order valence-corrected chi connectivity index (χ1v) is 6.95. The van der Waals surface area contributed by atoms with Gasteiger partial charge in [-0.3, -0.25) is 0 Å². The van der Waals surface area contributed by atoms with E-state index in [0.717, 1.165) is 22.9 Å². The van der Waals surface area contributed by atoms with Gasteiger partial charge in [0.15, 0.2) is 0 Å². The highest BCUT2D eigenvalue weighted by molar-refractivity contribution is 9.11. The molecular formula is C13H24BrN. The van der Waals surface area contributed by atoms with Crippen molar-refractivity contribution in [2.45, 2.75) is 52.0 Å². The van der Waals surface area contributed by atoms with E-state index in [1.807, 2.05) is 0 Å².